The Hall–Kier alpha value is -6.32. The molecule has 1 saturated carbocycles. The number of benzene rings is 1. The molecule has 1 heterocycles. The molecule has 0 aromatic heterocycles. The van der Waals surface area contributed by atoms with Crippen LogP contribution in [0.4, 0.5) is 0 Å². The lowest BCUT2D eigenvalue weighted by Gasteiger charge is -2.28. The van der Waals surface area contributed by atoms with E-state index in [-0.39, 0.29) is 101 Å². The van der Waals surface area contributed by atoms with Gasteiger partial charge in [-0.15, -0.1) is 0 Å². The van der Waals surface area contributed by atoms with Gasteiger partial charge in [-0.2, -0.15) is 0 Å². The van der Waals surface area contributed by atoms with Crippen molar-refractivity contribution in [1.29, 1.82) is 0 Å². The van der Waals surface area contributed by atoms with Gasteiger partial charge in [0.25, 0.3) is 0 Å². The molecule has 26 nitrogen and oxygen atoms in total. The summed E-state index contributed by atoms with van der Waals surface area (Å²) in [7, 11) is 0. The number of nitrogens with two attached hydrogens (primary N) is 5. The molecule has 2 aliphatic rings. The van der Waals surface area contributed by atoms with Gasteiger partial charge in [-0.1, -0.05) is 44.2 Å². The first-order valence-electron chi connectivity index (χ1n) is 26.4. The van der Waals surface area contributed by atoms with E-state index in [1.54, 1.807) is 30.3 Å². The van der Waals surface area contributed by atoms with Crippen LogP contribution in [0.25, 0.3) is 0 Å². The molecule has 1 aliphatic carbocycles. The van der Waals surface area contributed by atoms with Crippen LogP contribution in [0.15, 0.2) is 30.3 Å². The molecule has 3 rings (SSSR count). The van der Waals surface area contributed by atoms with Gasteiger partial charge in [0.15, 0.2) is 0 Å². The van der Waals surface area contributed by atoms with Crippen LogP contribution in [0.1, 0.15) is 104 Å². The fourth-order valence-corrected chi connectivity index (χ4v) is 8.75. The number of rotatable bonds is 20. The molecule has 0 spiro atoms. The van der Waals surface area contributed by atoms with Gasteiger partial charge in [0.2, 0.25) is 59.1 Å². The van der Waals surface area contributed by atoms with E-state index in [0.717, 1.165) is 0 Å². The van der Waals surface area contributed by atoms with E-state index in [0.29, 0.717) is 31.2 Å². The summed E-state index contributed by atoms with van der Waals surface area (Å²) >= 11 is 0. The summed E-state index contributed by atoms with van der Waals surface area (Å²) in [4.78, 5) is 139. The van der Waals surface area contributed by atoms with Crippen molar-refractivity contribution in [3.05, 3.63) is 35.9 Å². The van der Waals surface area contributed by atoms with Crippen molar-refractivity contribution in [2.75, 3.05) is 32.7 Å². The third kappa shape index (κ3) is 21.4. The molecule has 21 N–H and O–H groups in total. The second-order valence-electron chi connectivity index (χ2n) is 20.1. The first-order chi connectivity index (χ1) is 36.1. The molecule has 76 heavy (non-hydrogen) atoms. The van der Waals surface area contributed by atoms with Gasteiger partial charge < -0.3 is 86.9 Å². The molecule has 1 aromatic carbocycles. The summed E-state index contributed by atoms with van der Waals surface area (Å²) in [5, 5.41) is 36.9. The first kappa shape index (κ1) is 64.0. The van der Waals surface area contributed by atoms with Crippen LogP contribution < -0.4 is 81.8 Å². The van der Waals surface area contributed by atoms with Gasteiger partial charge in [-0.3, -0.25) is 47.9 Å². The fourth-order valence-electron chi connectivity index (χ4n) is 8.75. The Labute approximate surface area is 444 Å². The zero-order chi connectivity index (χ0) is 56.5. The number of aliphatic hydroxyl groups excluding tert-OH is 1. The van der Waals surface area contributed by atoms with Crippen molar-refractivity contribution in [1.82, 2.24) is 53.2 Å². The molecule has 2 fully saturated rings. The molecular formula is C50H85N15O11. The Morgan fingerprint density at radius 3 is 1.68 bits per heavy atom. The predicted octanol–water partition coefficient (Wildman–Crippen LogP) is -5.14. The highest BCUT2D eigenvalue weighted by molar-refractivity contribution is 5.99. The number of hydrogen-bond acceptors (Lipinski definition) is 16. The highest BCUT2D eigenvalue weighted by Crippen LogP contribution is 2.23. The Morgan fingerprint density at radius 2 is 1.13 bits per heavy atom. The molecule has 10 atom stereocenters. The summed E-state index contributed by atoms with van der Waals surface area (Å²) in [6, 6.07) is -3.67. The highest BCUT2D eigenvalue weighted by Gasteiger charge is 2.37. The van der Waals surface area contributed by atoms with E-state index in [1.807, 2.05) is 13.8 Å². The number of hydrogen-bond donors (Lipinski definition) is 16. The second-order valence-corrected chi connectivity index (χ2v) is 20.1. The van der Waals surface area contributed by atoms with Gasteiger partial charge in [-0.25, -0.2) is 0 Å². The SMILES string of the molecule is CC(C)C[C@@H]1NC(=O)[C@@H](Cc2ccccc2)NC(=O)[C@H](CCN)NC(=O)[C@@H](NC(=O)[C@H](CCN)NC(=O)[C@H](C)NC(=O)C2CCC(N)CC2)CCNC(=O)[C@H](C(C)O)NC(=O)[C@H](CCN)NC(=O)[C@H](CCCN)NC1=O. The molecule has 426 valence electrons. The number of carbonyl (C=O) groups excluding carboxylic acids is 10. The maximum atomic E-state index is 14.4. The van der Waals surface area contributed by atoms with Gasteiger partial charge in [-0.05, 0) is 122 Å². The number of aliphatic hydroxyl groups is 1. The molecule has 0 bridgehead atoms. The smallest absolute Gasteiger partial charge is 0.245 e. The fraction of sp³-hybridized carbons (Fsp3) is 0.680. The number of carbonyl (C=O) groups is 10. The van der Waals surface area contributed by atoms with Crippen LogP contribution in [0.5, 0.6) is 0 Å². The average Bonchev–Trinajstić information content (AvgIpc) is 3.37. The maximum Gasteiger partial charge on any atom is 0.245 e. The van der Waals surface area contributed by atoms with E-state index < -0.39 is 120 Å². The van der Waals surface area contributed by atoms with Crippen LogP contribution in [0.3, 0.4) is 0 Å². The number of amides is 10. The molecule has 1 aromatic rings. The molecule has 26 heteroatoms. The van der Waals surface area contributed by atoms with Crippen LogP contribution in [-0.2, 0) is 54.4 Å². The average molecular weight is 1070 g/mol. The largest absolute Gasteiger partial charge is 0.391 e. The van der Waals surface area contributed by atoms with Crippen LogP contribution in [0.2, 0.25) is 0 Å². The third-order valence-corrected chi connectivity index (χ3v) is 13.2. The van der Waals surface area contributed by atoms with Crippen molar-refractivity contribution in [2.45, 2.75) is 171 Å². The lowest BCUT2D eigenvalue weighted by atomic mass is 9.86. The zero-order valence-corrected chi connectivity index (χ0v) is 44.3. The van der Waals surface area contributed by atoms with E-state index >= 15 is 0 Å². The summed E-state index contributed by atoms with van der Waals surface area (Å²) < 4.78 is 0. The van der Waals surface area contributed by atoms with Crippen LogP contribution in [-0.4, -0.2) is 163 Å². The minimum absolute atomic E-state index is 0.00438. The van der Waals surface area contributed by atoms with Crippen molar-refractivity contribution in [2.24, 2.45) is 40.5 Å². The predicted molar refractivity (Wildman–Crippen MR) is 281 cm³/mol. The summed E-state index contributed by atoms with van der Waals surface area (Å²) in [5.41, 5.74) is 30.1. The van der Waals surface area contributed by atoms with Crippen molar-refractivity contribution < 1.29 is 53.1 Å². The van der Waals surface area contributed by atoms with E-state index in [1.165, 1.54) is 13.8 Å². The highest BCUT2D eigenvalue weighted by atomic mass is 16.3. The number of nitrogens with one attached hydrogen (secondary N) is 10. The monoisotopic (exact) mass is 1070 g/mol. The molecule has 0 radical (unpaired) electrons. The Morgan fingerprint density at radius 1 is 0.605 bits per heavy atom. The standard InChI is InChI=1S/C50H85N15O11/c1-27(2)25-38-48(74)59-33(11-8-20-51)43(69)61-36(18-23-54)47(73)65-40(29(4)66)50(76)56-24-19-37(46(72)60-35(17-22-53)45(71)64-39(49(75)63-38)26-30-9-6-5-7-10-30)62-44(70)34(16-21-52)58-41(67)28(3)57-42(68)31-12-14-32(55)15-13-31/h5-7,9-10,27-29,31-40,66H,8,11-26,51-55H2,1-4H3,(H,56,76)(H,57,68)(H,58,67)(H,59,74)(H,60,72)(H,61,69)(H,62,70)(H,63,75)(H,64,71)(H,65,73)/t28-,29?,31?,32?,33-,34-,35-,36-,37-,38-,39+,40-/m0/s1. The minimum atomic E-state index is -1.63. The van der Waals surface area contributed by atoms with Gasteiger partial charge in [0.1, 0.15) is 54.4 Å². The quantitative estimate of drug-likeness (QED) is 0.0581. The van der Waals surface area contributed by atoms with E-state index in [4.69, 9.17) is 28.7 Å². The molecule has 10 amide bonds. The van der Waals surface area contributed by atoms with Gasteiger partial charge in [0, 0.05) is 24.9 Å². The maximum absolute atomic E-state index is 14.4. The molecular weight excluding hydrogens is 987 g/mol. The second kappa shape index (κ2) is 33.0. The molecule has 1 saturated heterocycles. The zero-order valence-electron chi connectivity index (χ0n) is 44.3. The molecule has 1 aliphatic heterocycles. The Balaban J connectivity index is 2.08. The Kier molecular flexibility index (Phi) is 27.8. The Bertz CT molecular complexity index is 2090. The van der Waals surface area contributed by atoms with Crippen LogP contribution >= 0.6 is 0 Å². The lowest BCUT2D eigenvalue weighted by Crippen LogP contribution is -2.61. The summed E-state index contributed by atoms with van der Waals surface area (Å²) in [6.07, 6.45) is 0.363. The molecule has 1 unspecified atom stereocenters. The van der Waals surface area contributed by atoms with E-state index in [2.05, 4.69) is 53.2 Å². The minimum Gasteiger partial charge on any atom is -0.391 e. The first-order valence-corrected chi connectivity index (χ1v) is 26.4. The third-order valence-electron chi connectivity index (χ3n) is 13.2. The van der Waals surface area contributed by atoms with Gasteiger partial charge in [0.05, 0.1) is 6.10 Å². The summed E-state index contributed by atoms with van der Waals surface area (Å²) in [5.74, 6) is -8.49. The van der Waals surface area contributed by atoms with Gasteiger partial charge >= 0.3 is 0 Å². The van der Waals surface area contributed by atoms with Crippen molar-refractivity contribution in [3.8, 4) is 0 Å². The van der Waals surface area contributed by atoms with E-state index in [9.17, 15) is 53.1 Å². The van der Waals surface area contributed by atoms with Crippen molar-refractivity contribution in [3.63, 3.8) is 0 Å². The van der Waals surface area contributed by atoms with Crippen molar-refractivity contribution >= 4 is 59.1 Å². The normalized spacial score (nSPS) is 26.1. The lowest BCUT2D eigenvalue weighted by molar-refractivity contribution is -0.136. The van der Waals surface area contributed by atoms with Crippen LogP contribution in [0, 0.1) is 11.8 Å². The topological polar surface area (TPSA) is 441 Å². The summed E-state index contributed by atoms with van der Waals surface area (Å²) in [6.45, 7) is 5.66.